The summed E-state index contributed by atoms with van der Waals surface area (Å²) in [5.74, 6) is 1.21. The minimum Gasteiger partial charge on any atom is -0.349 e. The average molecular weight is 302 g/mol. The molecule has 5 nitrogen and oxygen atoms in total. The molecule has 0 aromatic heterocycles. The third-order valence-electron chi connectivity index (χ3n) is 3.74. The number of hydrogen-bond donors (Lipinski definition) is 0. The molecule has 1 aliphatic rings. The Hall–Kier alpha value is -2.04. The van der Waals surface area contributed by atoms with Gasteiger partial charge >= 0.3 is 0 Å². The summed E-state index contributed by atoms with van der Waals surface area (Å²) in [4.78, 5) is 22.3. The molecule has 0 aliphatic carbocycles. The molecule has 1 aromatic carbocycles. The van der Waals surface area contributed by atoms with Crippen molar-refractivity contribution in [2.75, 3.05) is 34.7 Å². The Kier molecular flexibility index (Phi) is 5.41. The molecular weight excluding hydrogens is 276 g/mol. The molecule has 120 valence electrons. The van der Waals surface area contributed by atoms with Crippen molar-refractivity contribution >= 4 is 11.9 Å². The molecule has 1 aromatic rings. The summed E-state index contributed by atoms with van der Waals surface area (Å²) in [5, 5.41) is 0. The van der Waals surface area contributed by atoms with Gasteiger partial charge in [0.1, 0.15) is 0 Å². The Labute approximate surface area is 133 Å². The topological polar surface area (TPSA) is 39.1 Å². The number of likely N-dealkylation sites (tertiary alicyclic amines) is 1. The summed E-state index contributed by atoms with van der Waals surface area (Å²) >= 11 is 0. The van der Waals surface area contributed by atoms with Crippen molar-refractivity contribution in [3.05, 3.63) is 35.4 Å². The lowest BCUT2D eigenvalue weighted by molar-refractivity contribution is -0.128. The van der Waals surface area contributed by atoms with Crippen LogP contribution in [0.5, 0.6) is 0 Å². The van der Waals surface area contributed by atoms with E-state index < -0.39 is 0 Å². The molecule has 5 heteroatoms. The van der Waals surface area contributed by atoms with Gasteiger partial charge in [-0.2, -0.15) is 0 Å². The maximum atomic E-state index is 11.7. The highest BCUT2D eigenvalue weighted by atomic mass is 16.2. The van der Waals surface area contributed by atoms with Crippen LogP contribution in [0.4, 0.5) is 0 Å². The Balaban J connectivity index is 2.05. The largest absolute Gasteiger partial charge is 0.349 e. The predicted octanol–water partition coefficient (Wildman–Crippen LogP) is 1.79. The second-order valence-electron chi connectivity index (χ2n) is 6.14. The molecule has 1 aliphatic heterocycles. The summed E-state index contributed by atoms with van der Waals surface area (Å²) in [6.45, 7) is 2.24. The predicted molar refractivity (Wildman–Crippen MR) is 89.6 cm³/mol. The Morgan fingerprint density at radius 3 is 2.45 bits per heavy atom. The summed E-state index contributed by atoms with van der Waals surface area (Å²) in [7, 11) is 7.98. The number of amides is 1. The highest BCUT2D eigenvalue weighted by Gasteiger charge is 2.19. The van der Waals surface area contributed by atoms with Gasteiger partial charge in [-0.15, -0.1) is 0 Å². The van der Waals surface area contributed by atoms with Crippen molar-refractivity contribution in [1.82, 2.24) is 14.7 Å². The molecule has 0 N–H and O–H groups in total. The Morgan fingerprint density at radius 2 is 1.86 bits per heavy atom. The number of aliphatic imine (C=N–C) groups is 1. The highest BCUT2D eigenvalue weighted by molar-refractivity contribution is 5.79. The molecule has 0 spiro atoms. The van der Waals surface area contributed by atoms with E-state index in [9.17, 15) is 4.79 Å². The minimum absolute atomic E-state index is 0.269. The van der Waals surface area contributed by atoms with Gasteiger partial charge in [0, 0.05) is 47.7 Å². The minimum atomic E-state index is 0.269. The van der Waals surface area contributed by atoms with Crippen molar-refractivity contribution in [3.8, 4) is 0 Å². The molecule has 0 radical (unpaired) electrons. The number of hydrogen-bond acceptors (Lipinski definition) is 2. The van der Waals surface area contributed by atoms with Crippen molar-refractivity contribution in [1.29, 1.82) is 0 Å². The zero-order valence-corrected chi connectivity index (χ0v) is 14.0. The Morgan fingerprint density at radius 1 is 1.18 bits per heavy atom. The number of nitrogens with zero attached hydrogens (tertiary/aromatic N) is 4. The van der Waals surface area contributed by atoms with E-state index in [0.717, 1.165) is 18.9 Å². The highest BCUT2D eigenvalue weighted by Crippen LogP contribution is 2.15. The van der Waals surface area contributed by atoms with E-state index in [1.54, 1.807) is 0 Å². The first-order chi connectivity index (χ1) is 10.5. The zero-order valence-electron chi connectivity index (χ0n) is 14.0. The molecule has 2 rings (SSSR count). The number of carbonyl (C=O) groups is 1. The monoisotopic (exact) mass is 302 g/mol. The van der Waals surface area contributed by atoms with Crippen LogP contribution in [-0.4, -0.2) is 61.3 Å². The smallest absolute Gasteiger partial charge is 0.222 e. The third-order valence-corrected chi connectivity index (χ3v) is 3.74. The molecule has 22 heavy (non-hydrogen) atoms. The fourth-order valence-corrected chi connectivity index (χ4v) is 2.76. The molecule has 1 fully saturated rings. The molecule has 0 unspecified atom stereocenters. The second kappa shape index (κ2) is 7.29. The zero-order chi connectivity index (χ0) is 16.1. The van der Waals surface area contributed by atoms with Gasteiger partial charge in [-0.25, -0.2) is 4.99 Å². The summed E-state index contributed by atoms with van der Waals surface area (Å²) in [5.41, 5.74) is 2.35. The quantitative estimate of drug-likeness (QED) is 0.629. The summed E-state index contributed by atoms with van der Waals surface area (Å²) < 4.78 is 0. The van der Waals surface area contributed by atoms with Crippen LogP contribution >= 0.6 is 0 Å². The number of guanidine groups is 1. The first kappa shape index (κ1) is 16.3. The van der Waals surface area contributed by atoms with Crippen LogP contribution in [0.1, 0.15) is 24.0 Å². The number of benzene rings is 1. The van der Waals surface area contributed by atoms with Crippen LogP contribution in [0.2, 0.25) is 0 Å². The number of carbonyl (C=O) groups excluding carboxylic acids is 1. The van der Waals surface area contributed by atoms with Gasteiger partial charge in [0.05, 0.1) is 6.54 Å². The van der Waals surface area contributed by atoms with Crippen molar-refractivity contribution in [2.45, 2.75) is 25.9 Å². The van der Waals surface area contributed by atoms with Crippen LogP contribution < -0.4 is 0 Å². The van der Waals surface area contributed by atoms with Crippen LogP contribution in [-0.2, 0) is 17.9 Å². The maximum Gasteiger partial charge on any atom is 0.222 e. The van der Waals surface area contributed by atoms with Crippen molar-refractivity contribution < 1.29 is 4.79 Å². The van der Waals surface area contributed by atoms with E-state index >= 15 is 0 Å². The van der Waals surface area contributed by atoms with Crippen LogP contribution in [0, 0.1) is 0 Å². The second-order valence-corrected chi connectivity index (χ2v) is 6.14. The maximum absolute atomic E-state index is 11.7. The first-order valence-electron chi connectivity index (χ1n) is 7.72. The third kappa shape index (κ3) is 4.23. The molecule has 1 saturated heterocycles. The van der Waals surface area contributed by atoms with E-state index in [4.69, 9.17) is 0 Å². The fourth-order valence-electron chi connectivity index (χ4n) is 2.76. The average Bonchev–Trinajstić information content (AvgIpc) is 2.84. The van der Waals surface area contributed by atoms with Gasteiger partial charge in [0.15, 0.2) is 5.96 Å². The van der Waals surface area contributed by atoms with E-state index in [1.807, 2.05) is 49.0 Å². The van der Waals surface area contributed by atoms with Crippen LogP contribution in [0.25, 0.3) is 0 Å². The summed E-state index contributed by atoms with van der Waals surface area (Å²) in [6.07, 6.45) is 1.68. The first-order valence-corrected chi connectivity index (χ1v) is 7.72. The lowest BCUT2D eigenvalue weighted by atomic mass is 10.1. The van der Waals surface area contributed by atoms with Gasteiger partial charge in [-0.3, -0.25) is 4.79 Å². The van der Waals surface area contributed by atoms with Crippen molar-refractivity contribution in [2.24, 2.45) is 4.99 Å². The van der Waals surface area contributed by atoms with Gasteiger partial charge in [0.2, 0.25) is 5.91 Å². The lowest BCUT2D eigenvalue weighted by Gasteiger charge is -2.22. The normalized spacial score (nSPS) is 14.2. The molecule has 1 amide bonds. The van der Waals surface area contributed by atoms with Crippen LogP contribution in [0.3, 0.4) is 0 Å². The van der Waals surface area contributed by atoms with Crippen molar-refractivity contribution in [3.63, 3.8) is 0 Å². The van der Waals surface area contributed by atoms with Gasteiger partial charge in [-0.1, -0.05) is 24.3 Å². The SMILES string of the molecule is CN(C)C(=NCc1cccc(CN2CCCC2=O)c1)N(C)C. The standard InChI is InChI=1S/C17H26N4O/c1-19(2)17(20(3)4)18-12-14-7-5-8-15(11-14)13-21-10-6-9-16(21)22/h5,7-8,11H,6,9-10,12-13H2,1-4H3. The van der Waals surface area contributed by atoms with E-state index in [-0.39, 0.29) is 5.91 Å². The summed E-state index contributed by atoms with van der Waals surface area (Å²) in [6, 6.07) is 8.36. The number of rotatable bonds is 4. The van der Waals surface area contributed by atoms with E-state index in [2.05, 4.69) is 23.2 Å². The van der Waals surface area contributed by atoms with Gasteiger partial charge in [-0.05, 0) is 17.5 Å². The van der Waals surface area contributed by atoms with E-state index in [0.29, 0.717) is 19.5 Å². The lowest BCUT2D eigenvalue weighted by Crippen LogP contribution is -2.35. The van der Waals surface area contributed by atoms with Gasteiger partial charge < -0.3 is 14.7 Å². The molecular formula is C17H26N4O. The fraction of sp³-hybridized carbons (Fsp3) is 0.529. The molecule has 1 heterocycles. The molecule has 0 saturated carbocycles. The Bertz CT molecular complexity index is 541. The molecule has 0 atom stereocenters. The molecule has 0 bridgehead atoms. The van der Waals surface area contributed by atoms with Gasteiger partial charge in [0.25, 0.3) is 0 Å². The van der Waals surface area contributed by atoms with Crippen LogP contribution in [0.15, 0.2) is 29.3 Å². The van der Waals surface area contributed by atoms with E-state index in [1.165, 1.54) is 11.1 Å².